The number of hydrogen-bond donors (Lipinski definition) is 0. The van der Waals surface area contributed by atoms with E-state index in [2.05, 4.69) is 55.4 Å². The Morgan fingerprint density at radius 3 is 2.06 bits per heavy atom. The normalized spacial score (nSPS) is 22.3. The molecule has 1 heterocycles. The third kappa shape index (κ3) is 7.42. The highest BCUT2D eigenvalue weighted by Gasteiger charge is 2.50. The molecule has 9 nitrogen and oxygen atoms in total. The minimum absolute atomic E-state index is 0. The number of carbonyl (C=O) groups is 3. The van der Waals surface area contributed by atoms with Gasteiger partial charge in [-0.3, -0.25) is 9.69 Å². The number of hydrogen-bond acceptors (Lipinski definition) is 5. The summed E-state index contributed by atoms with van der Waals surface area (Å²) in [4.78, 5) is 45.2. The zero-order valence-corrected chi connectivity index (χ0v) is 32.3. The number of rotatable bonds is 9. The number of imide groups is 1. The van der Waals surface area contributed by atoms with Crippen molar-refractivity contribution in [3.8, 4) is 0 Å². The van der Waals surface area contributed by atoms with Crippen LogP contribution in [-0.2, 0) is 14.8 Å². The molecular weight excluding hydrogens is 612 g/mol. The van der Waals surface area contributed by atoms with Gasteiger partial charge < -0.3 is 9.80 Å². The van der Waals surface area contributed by atoms with E-state index in [1.165, 1.54) is 11.9 Å². The molecule has 1 aliphatic heterocycles. The second kappa shape index (κ2) is 13.9. The monoisotopic (exact) mass is 1060 g/mol. The number of urea groups is 2. The van der Waals surface area contributed by atoms with Gasteiger partial charge in [0.1, 0.15) is 0 Å². The maximum atomic E-state index is 13.9. The van der Waals surface area contributed by atoms with E-state index in [1.54, 1.807) is 36.0 Å². The van der Waals surface area contributed by atoms with Crippen LogP contribution in [0.5, 0.6) is 0 Å². The Labute approximate surface area is 569 Å². The van der Waals surface area contributed by atoms with Crippen molar-refractivity contribution in [2.75, 3.05) is 34.2 Å². The van der Waals surface area contributed by atoms with Crippen LogP contribution in [0, 0.1) is 37.0 Å². The first-order chi connectivity index (χ1) is 21.5. The van der Waals surface area contributed by atoms with Gasteiger partial charge in [-0.25, -0.2) is 22.3 Å². The predicted octanol–water partition coefficient (Wildman–Crippen LogP) is 54.8. The summed E-state index contributed by atoms with van der Waals surface area (Å²) in [7, 11) is 0.621. The second-order valence-corrected chi connectivity index (χ2v) is 18.0. The molecule has 2 aliphatic rings. The van der Waals surface area contributed by atoms with Gasteiger partial charge in [-0.05, 0) is 110 Å². The highest BCUT2D eigenvalue weighted by atomic mass is 32.2. The fourth-order valence-electron chi connectivity index (χ4n) is 7.96. The van der Waals surface area contributed by atoms with Gasteiger partial charge in [0.2, 0.25) is 0 Å². The summed E-state index contributed by atoms with van der Waals surface area (Å²) in [6.07, 6.45) is 3.40. The molecule has 0 saturated heterocycles. The van der Waals surface area contributed by atoms with Crippen molar-refractivity contribution in [1.82, 2.24) is 19.0 Å². The van der Waals surface area contributed by atoms with Crippen molar-refractivity contribution in [2.24, 2.45) is 23.2 Å². The zero-order chi connectivity index (χ0) is 36.0. The minimum atomic E-state index is -4.14. The third-order valence-corrected chi connectivity index (χ3v) is 12.8. The van der Waals surface area contributed by atoms with E-state index in [9.17, 15) is 22.8 Å². The van der Waals surface area contributed by atoms with Gasteiger partial charge in [0.05, 0.1) is 11.4 Å². The van der Waals surface area contributed by atoms with Crippen LogP contribution in [0.3, 0.4) is 0 Å². The minimum Gasteiger partial charge on any atom is -0.327 e. The van der Waals surface area contributed by atoms with Crippen LogP contribution < -0.4 is 0 Å². The van der Waals surface area contributed by atoms with Gasteiger partial charge in [-0.1, -0.05) is 55.4 Å². The van der Waals surface area contributed by atoms with Crippen LogP contribution in [0.4, 0.5) is 9.59 Å². The van der Waals surface area contributed by atoms with Crippen LogP contribution in [-0.4, -0.2) is 85.2 Å². The molecule has 648 valence electrons. The molecule has 0 aromatic heterocycles. The molecule has 5 amide bonds. The first kappa shape index (κ1) is 38.6. The molecule has 1 aromatic rings. The zero-order valence-electron chi connectivity index (χ0n) is 31.4. The molecule has 3 rings (SSSR count). The highest BCUT2D eigenvalue weighted by molar-refractivity contribution is 7.89. The van der Waals surface area contributed by atoms with Crippen molar-refractivity contribution in [3.63, 3.8) is 0 Å². The van der Waals surface area contributed by atoms with Crippen molar-refractivity contribution >= 4 is 28.0 Å². The molecule has 47 heavy (non-hydrogen) atoms. The Bertz CT molecular complexity index is 1680. The molecule has 1 aliphatic carbocycles. The van der Waals surface area contributed by atoms with Gasteiger partial charge in [0, 0.05) is 313 Å². The first-order valence-corrected chi connectivity index (χ1v) is 18.6. The molecule has 1 saturated carbocycles. The Kier molecular flexibility index (Phi) is 11.4. The second-order valence-electron chi connectivity index (χ2n) is 16.0. The molecule has 1 unspecified atom stereocenters. The Hall–Kier alpha value is -2.88. The van der Waals surface area contributed by atoms with Crippen LogP contribution >= 0.6 is 0 Å². The largest absolute Gasteiger partial charge is 0.333 e. The fraction of sp³-hybridized carbons (Fsp3) is 0.703. The van der Waals surface area contributed by atoms with Crippen molar-refractivity contribution in [1.29, 1.82) is 0 Å². The smallest absolute Gasteiger partial charge is 0.327 e. The summed E-state index contributed by atoms with van der Waals surface area (Å²) in [6.45, 7) is 23.3. The van der Waals surface area contributed by atoms with E-state index >= 15 is 0 Å². The third-order valence-electron chi connectivity index (χ3n) is 11.1. The number of sulfonamides is 1. The SMILES string of the molecule is Cc1cc(S(=O)(=O)N(C)C(=O)N(C)[C@]2(C)CC[C@@H](C)CC2(C)C)cc(C)c1C(C)CN(C)C(=O)N1CC(C(C)C)=C(CC(C)C)C1=O.[HH].[HH].[HH].[HH].[HH].[HH].[HH].[HH].[HH].[HH].[HH].[HH].[HH].[HH].[HH].[HH].[HH].[HH].[HH].[HH].[HH].[HH].[HH].[HH].[HH].[HH].[HH].[HH].[HH].[HH].[HH].[HH].[HH].[HH].[HH].[HH].[HH].[HH].[HH].[HH].[HH].[HH].[HH].[HH].[HH].[HH].[HH].[HH].[HH].[HH].[HH].[HH].[HH].[HH].[HH].[HH].[HH].[HH].[HH].[HH].[HH].[HH].[HH].[HH].[HH].[HH].[HH].[HH].[HH].[HH].[HH].[HH].[HH].[HH].[HH].[HH].[HH].[HH].[HH].[HH].[HH].[HH].[HH].[HH].[HH].[HH].[HH].[HH].[HH].[HH].[HH].[HH].[HH].[HH].[HH].[HH].[HH].[HH].[HH].[HH].[HH].[HH].[HH].[HH].[HH].[HH].[HH].[HH].[HH].[HH].[HH].[HH].[HH].[HH].[HH].[HH].[HH].[HH].[HH].[HH].[HH].[HH].[HH].[HH].[HH].[HH].[HH].[HH].[HH].[HH].[HH].[HH].[HH].[HH].[HH].[HH].[HH].[HH].[HH].[HH].[HH].[HH].[HH].[HH].[HH].[HH].[HH].[HH].[HH].[HH].[HH].[HH].[HH].[HH].[HH].[HH].[HH].[HH].[HH].[HH].[HH].[HH].[HH].[HH].[HH].[HH].[HH].[HH].[HH].[HH].[HH].[HH].[HH].[HH].[HH].[HH].[HH].[HH].[HH].[HH].[HH].[HH].[HH].[HH].[HH].[HH].[HH].[HH].[HH].[HH].[HH].[HH]. The summed E-state index contributed by atoms with van der Waals surface area (Å²) in [6, 6.07) is 2.36. The lowest BCUT2D eigenvalue weighted by Gasteiger charge is -2.55. The summed E-state index contributed by atoms with van der Waals surface area (Å²) in [5, 5.41) is 0. The van der Waals surface area contributed by atoms with Crippen LogP contribution in [0.1, 0.15) is 385 Å². The molecule has 0 N–H and O–H groups in total. The Balaban J connectivity index is -0.000000000665. The molecule has 3 atom stereocenters. The summed E-state index contributed by atoms with van der Waals surface area (Å²) >= 11 is 0. The number of amides is 5. The van der Waals surface area contributed by atoms with Gasteiger partial charge >= 0.3 is 12.1 Å². The summed E-state index contributed by atoms with van der Waals surface area (Å²) in [5.41, 5.74) is 3.59. The number of likely N-dealkylation sites (N-methyl/N-ethyl adjacent to an activating group) is 1. The van der Waals surface area contributed by atoms with Crippen molar-refractivity contribution in [2.45, 2.75) is 118 Å². The maximum absolute atomic E-state index is 13.9. The first-order valence-electron chi connectivity index (χ1n) is 17.1. The van der Waals surface area contributed by atoms with E-state index in [0.29, 0.717) is 31.3 Å². The van der Waals surface area contributed by atoms with E-state index in [0.717, 1.165) is 51.4 Å². The summed E-state index contributed by atoms with van der Waals surface area (Å²) < 4.78 is 28.6. The van der Waals surface area contributed by atoms with Crippen molar-refractivity contribution < 1.29 is 297 Å². The predicted molar refractivity (Wildman–Crippen MR) is 595 cm³/mol. The van der Waals surface area contributed by atoms with E-state index in [-0.39, 0.29) is 308 Å². The van der Waals surface area contributed by atoms with Crippen LogP contribution in [0.25, 0.3) is 0 Å². The Morgan fingerprint density at radius 2 is 1.57 bits per heavy atom. The van der Waals surface area contributed by atoms with E-state index in [4.69, 9.17) is 0 Å². The summed E-state index contributed by atoms with van der Waals surface area (Å²) in [5.74, 6) is 0.702. The fourth-order valence-corrected chi connectivity index (χ4v) is 9.26. The number of carbonyl (C=O) groups excluding carboxylic acids is 3. The standard InChI is InChI=1S/C37H60N4O5S.192H2/c1-23(2)17-30-31(24(3)4)22-41(33(30)42)34(43)38(12)21-28(8)32-26(6)18-29(19-27(32)7)47(45,46)40(14)35(44)39(13)37(11)16-15-25(5)20-36(37,9)10;;;;;;;;;;;;;;;;;;;;;;;;;;;;;;;;;;;;;;;;;;;;;;;;;;;;;;;;;;;;;;;;;;;;;;;;;;;;;;;;;;;;;;;;;;;;;;;;;;;;;;;;;;;;;;;;;;;;;;;;;;;;;;;;;;;;;;;;;;;;;;;;;;;;;;;;;;;;;;;;;;;;;;;;;;;;;;;;;;;;;;;;;;;;;;;;/h18-19,23-25,28H,15-17,20-22H2,1-14H3;192*1H/t25-,28?,37-;;;;;;;;;;;;;;;;;;;;;;;;;;;;;;;;;;;;;;;;;;;;;;;;;;;;;;;;;;;;;;;;;;;;;;;;;;;;;;;;;;;;;;;;;;;;;;;;;;;;;;;;;;;;;;;;;;;;;;;;;;;;;;;;;;;;;;;;;;;;;;;;;;;;;;;;;;;;;;;;;;;;;;;;;;;;;;;;;;;;;;;;;;;;;;;;/m1................................................................................................................................................................................................/s1. The van der Waals surface area contributed by atoms with E-state index < -0.39 is 21.6 Å². The van der Waals surface area contributed by atoms with Crippen LogP contribution in [0.2, 0.25) is 0 Å². The maximum Gasteiger partial charge on any atom is 0.333 e. The van der Waals surface area contributed by atoms with E-state index in [1.807, 2.05) is 20.8 Å². The molecule has 1 aromatic carbocycles. The highest BCUT2D eigenvalue weighted by Crippen LogP contribution is 2.49. The van der Waals surface area contributed by atoms with Gasteiger partial charge in [-0.2, -0.15) is 0 Å². The molecular formula is C37H444N4O5S. The molecule has 10 heteroatoms. The molecule has 1 fully saturated rings. The van der Waals surface area contributed by atoms with Crippen LogP contribution in [0.15, 0.2) is 28.2 Å². The topological polar surface area (TPSA) is 98.3 Å². The number of benzene rings is 1. The molecule has 0 radical (unpaired) electrons. The average molecular weight is 1060 g/mol. The molecule has 0 spiro atoms. The Morgan fingerprint density at radius 1 is 1.02 bits per heavy atom. The number of aryl methyl sites for hydroxylation is 2. The van der Waals surface area contributed by atoms with Gasteiger partial charge in [-0.15, -0.1) is 0 Å². The van der Waals surface area contributed by atoms with Crippen molar-refractivity contribution in [3.05, 3.63) is 40.0 Å². The van der Waals surface area contributed by atoms with Gasteiger partial charge in [0.15, 0.2) is 0 Å². The molecule has 0 bridgehead atoms. The average Bonchev–Trinajstić information content (AvgIpc) is 3.27. The lowest BCUT2D eigenvalue weighted by atomic mass is 9.60. The number of nitrogens with zero attached hydrogens (tertiary/aromatic N) is 4. The van der Waals surface area contributed by atoms with Gasteiger partial charge in [0.25, 0.3) is 15.9 Å². The lowest BCUT2D eigenvalue weighted by Crippen LogP contribution is -2.61. The lowest BCUT2D eigenvalue weighted by molar-refractivity contribution is -0.123. The quantitative estimate of drug-likeness (QED) is 0.245.